The lowest BCUT2D eigenvalue weighted by atomic mass is 10.0. The zero-order valence-electron chi connectivity index (χ0n) is 37.2. The molecule has 2 saturated heterocycles. The lowest BCUT2D eigenvalue weighted by Crippen LogP contribution is -2.39. The maximum absolute atomic E-state index is 12.1. The Kier molecular flexibility index (Phi) is 21.6. The Morgan fingerprint density at radius 2 is 1.06 bits per heavy atom. The smallest absolute Gasteiger partial charge is 0.297 e. The minimum Gasteiger partial charge on any atom is -0.392 e. The maximum atomic E-state index is 12.1. The summed E-state index contributed by atoms with van der Waals surface area (Å²) in [6.45, 7) is 22.9. The van der Waals surface area contributed by atoms with Crippen LogP contribution in [0, 0.1) is 13.8 Å². The first-order valence-corrected chi connectivity index (χ1v) is 22.7. The van der Waals surface area contributed by atoms with E-state index in [9.17, 15) is 8.42 Å². The molecule has 3 N–H and O–H groups in total. The van der Waals surface area contributed by atoms with Crippen molar-refractivity contribution in [3.63, 3.8) is 0 Å². The first-order valence-electron chi connectivity index (χ1n) is 21.3. The van der Waals surface area contributed by atoms with E-state index in [-0.39, 0.29) is 18.1 Å². The minimum absolute atomic E-state index is 0.0416. The van der Waals surface area contributed by atoms with Gasteiger partial charge in [0.25, 0.3) is 10.1 Å². The normalized spacial score (nSPS) is 18.2. The largest absolute Gasteiger partial charge is 0.392 e. The molecule has 12 nitrogen and oxygen atoms in total. The molecule has 2 aliphatic heterocycles. The summed E-state index contributed by atoms with van der Waals surface area (Å²) >= 11 is 0. The molecular formula is C50H64N6O6S. The number of hydrogen-bond donors (Lipinski definition) is 3. The van der Waals surface area contributed by atoms with Gasteiger partial charge in [0.05, 0.1) is 43.5 Å². The highest BCUT2D eigenvalue weighted by Gasteiger charge is 2.20. The maximum Gasteiger partial charge on any atom is 0.297 e. The molecule has 1 aromatic carbocycles. The molecule has 2 fully saturated rings. The number of aliphatic hydroxyl groups is 1. The Hall–Kier alpha value is -5.25. The van der Waals surface area contributed by atoms with E-state index >= 15 is 0 Å². The first-order chi connectivity index (χ1) is 30.5. The zero-order chi connectivity index (χ0) is 45.5. The van der Waals surface area contributed by atoms with Crippen molar-refractivity contribution in [1.82, 2.24) is 30.6 Å². The van der Waals surface area contributed by atoms with Gasteiger partial charge in [-0.25, -0.2) is 0 Å². The average Bonchev–Trinajstić information content (AvgIpc) is 3.31. The molecule has 4 atom stereocenters. The van der Waals surface area contributed by atoms with Gasteiger partial charge in [-0.05, 0) is 147 Å². The van der Waals surface area contributed by atoms with E-state index in [4.69, 9.17) is 18.8 Å². The number of piperidine rings is 2. The second kappa shape index (κ2) is 27.1. The molecular weight excluding hydrogens is 813 g/mol. The number of nitrogens with zero attached hydrogens (tertiary/aromatic N) is 4. The summed E-state index contributed by atoms with van der Waals surface area (Å²) in [4.78, 5) is 16.2. The summed E-state index contributed by atoms with van der Waals surface area (Å²) in [5.74, 6) is 0. The molecule has 0 aliphatic carbocycles. The van der Waals surface area contributed by atoms with Gasteiger partial charge in [-0.3, -0.25) is 24.1 Å². The number of aryl methyl sites for hydroxylation is 2. The predicted octanol–water partition coefficient (Wildman–Crippen LogP) is 8.58. The van der Waals surface area contributed by atoms with Crippen molar-refractivity contribution in [3.05, 3.63) is 168 Å². The van der Waals surface area contributed by atoms with Crippen molar-refractivity contribution in [1.29, 1.82) is 0 Å². The van der Waals surface area contributed by atoms with Crippen LogP contribution in [0.2, 0.25) is 0 Å². The van der Waals surface area contributed by atoms with Crippen LogP contribution in [0.25, 0.3) is 18.2 Å². The van der Waals surface area contributed by atoms with Gasteiger partial charge in [-0.2, -0.15) is 8.42 Å². The van der Waals surface area contributed by atoms with Gasteiger partial charge in [0, 0.05) is 61.7 Å². The monoisotopic (exact) mass is 876 g/mol. The molecule has 0 amide bonds. The van der Waals surface area contributed by atoms with E-state index in [1.807, 2.05) is 43.7 Å². The fraction of sp³-hybridized carbons (Fsp3) is 0.360. The molecule has 0 spiro atoms. The third-order valence-corrected chi connectivity index (χ3v) is 11.9. The molecule has 7 rings (SSSR count). The highest BCUT2D eigenvalue weighted by atomic mass is 32.2. The summed E-state index contributed by atoms with van der Waals surface area (Å²) in [6.07, 6.45) is 24.2. The molecule has 13 heteroatoms. The van der Waals surface area contributed by atoms with Crippen molar-refractivity contribution < 1.29 is 27.2 Å². The highest BCUT2D eigenvalue weighted by molar-refractivity contribution is 7.86. The van der Waals surface area contributed by atoms with Gasteiger partial charge < -0.3 is 25.2 Å². The number of nitrogens with one attached hydrogen (secondary N) is 2. The van der Waals surface area contributed by atoms with E-state index < -0.39 is 10.1 Å². The van der Waals surface area contributed by atoms with Gasteiger partial charge in [0.15, 0.2) is 0 Å². The third kappa shape index (κ3) is 17.4. The van der Waals surface area contributed by atoms with Crippen LogP contribution in [0.3, 0.4) is 0 Å². The standard InChI is InChI=1S/C15H15NO3S.C14H20N2O.C13H20N2O.C8H9NO/c1-3-13-10-16-9-8-14(13)11-19-20(17,18)15-6-4-12(2)5-7-15;1-3-12-9-15-6-4-13(12)10-17-14-5-7-16-11(2)8-14;1-10-8-14-5-3-12(10)9-16-13-4-6-15-11(2)7-13;1-2-7-5-9-4-3-8(7)6-10/h3-10H,1,11H2,2H3;3-4,6,9,11,14,16H,1,5,7-8,10H2,2H3;3,5,8,11,13,15H,4,6-7,9H2,1-2H3;2-5,10H,1,6H2. The summed E-state index contributed by atoms with van der Waals surface area (Å²) in [6, 6.07) is 15.2. The number of benzene rings is 1. The quantitative estimate of drug-likeness (QED) is 0.0915. The zero-order valence-corrected chi connectivity index (χ0v) is 38.0. The van der Waals surface area contributed by atoms with Crippen LogP contribution in [0.15, 0.2) is 123 Å². The summed E-state index contributed by atoms with van der Waals surface area (Å²) in [5, 5.41) is 15.6. The van der Waals surface area contributed by atoms with Crippen LogP contribution in [0.5, 0.6) is 0 Å². The first kappa shape index (κ1) is 50.4. The third-order valence-electron chi connectivity index (χ3n) is 10.6. The van der Waals surface area contributed by atoms with Crippen LogP contribution >= 0.6 is 0 Å². The van der Waals surface area contributed by atoms with Crippen molar-refractivity contribution >= 4 is 28.3 Å². The molecule has 63 heavy (non-hydrogen) atoms. The summed E-state index contributed by atoms with van der Waals surface area (Å²) < 4.78 is 41.1. The Bertz CT molecular complexity index is 2270. The molecule has 4 unspecified atom stereocenters. The number of rotatable bonds is 14. The molecule has 5 aromatic rings. The van der Waals surface area contributed by atoms with Crippen molar-refractivity contribution in [3.8, 4) is 0 Å². The number of pyridine rings is 4. The van der Waals surface area contributed by atoms with E-state index in [0.717, 1.165) is 72.2 Å². The van der Waals surface area contributed by atoms with Crippen LogP contribution in [0.4, 0.5) is 0 Å². The van der Waals surface area contributed by atoms with Crippen LogP contribution in [-0.2, 0) is 50.2 Å². The summed E-state index contributed by atoms with van der Waals surface area (Å²) in [5.41, 5.74) is 8.93. The molecule has 0 saturated carbocycles. The lowest BCUT2D eigenvalue weighted by Gasteiger charge is -2.28. The molecule has 2 aliphatic rings. The minimum atomic E-state index is -3.75. The van der Waals surface area contributed by atoms with Gasteiger partial charge >= 0.3 is 0 Å². The highest BCUT2D eigenvalue weighted by Crippen LogP contribution is 2.19. The van der Waals surface area contributed by atoms with Crippen LogP contribution in [0.1, 0.15) is 89.6 Å². The second-order valence-electron chi connectivity index (χ2n) is 15.5. The number of aliphatic hydroxyl groups excluding tert-OH is 1. The van der Waals surface area contributed by atoms with E-state index in [0.29, 0.717) is 37.5 Å². The van der Waals surface area contributed by atoms with E-state index in [1.165, 1.54) is 28.8 Å². The van der Waals surface area contributed by atoms with Crippen molar-refractivity contribution in [2.24, 2.45) is 0 Å². The molecule has 4 aromatic heterocycles. The Morgan fingerprint density at radius 3 is 1.51 bits per heavy atom. The van der Waals surface area contributed by atoms with E-state index in [1.54, 1.807) is 67.4 Å². The number of ether oxygens (including phenoxy) is 2. The fourth-order valence-corrected chi connectivity index (χ4v) is 7.62. The van der Waals surface area contributed by atoms with Gasteiger partial charge in [0.2, 0.25) is 0 Å². The average molecular weight is 877 g/mol. The Labute approximate surface area is 374 Å². The lowest BCUT2D eigenvalue weighted by molar-refractivity contribution is 0.0123. The number of aromatic nitrogens is 4. The molecule has 6 heterocycles. The van der Waals surface area contributed by atoms with E-state index in [2.05, 4.69) is 71.1 Å². The van der Waals surface area contributed by atoms with Crippen LogP contribution in [-0.4, -0.2) is 70.8 Å². The second-order valence-corrected chi connectivity index (χ2v) is 17.1. The van der Waals surface area contributed by atoms with Crippen molar-refractivity contribution in [2.45, 2.75) is 109 Å². The van der Waals surface area contributed by atoms with Gasteiger partial charge in [-0.15, -0.1) is 0 Å². The SMILES string of the molecule is C=Cc1cnccc1CO.C=Cc1cnccc1COC1CCNC(C)C1.C=Cc1cnccc1COS(=O)(=O)c1ccc(C)cc1.Cc1cnccc1COC1CCNC(C)C1. The summed E-state index contributed by atoms with van der Waals surface area (Å²) in [7, 11) is -3.75. The Balaban J connectivity index is 0.000000189. The Morgan fingerprint density at radius 1 is 0.635 bits per heavy atom. The van der Waals surface area contributed by atoms with Crippen molar-refractivity contribution in [2.75, 3.05) is 13.1 Å². The van der Waals surface area contributed by atoms with Gasteiger partial charge in [-0.1, -0.05) is 55.7 Å². The predicted molar refractivity (Wildman–Crippen MR) is 252 cm³/mol. The molecule has 336 valence electrons. The molecule has 0 bridgehead atoms. The fourth-order valence-electron chi connectivity index (χ4n) is 6.73. The molecule has 0 radical (unpaired) electrons. The van der Waals surface area contributed by atoms with Gasteiger partial charge in [0.1, 0.15) is 0 Å². The number of hydrogen-bond acceptors (Lipinski definition) is 12. The topological polar surface area (TPSA) is 158 Å². The van der Waals surface area contributed by atoms with Crippen LogP contribution < -0.4 is 10.6 Å².